The van der Waals surface area contributed by atoms with E-state index in [1.165, 1.54) is 18.3 Å². The zero-order valence-electron chi connectivity index (χ0n) is 14.5. The summed E-state index contributed by atoms with van der Waals surface area (Å²) < 4.78 is 18.3. The van der Waals surface area contributed by atoms with Gasteiger partial charge in [0.05, 0.1) is 16.2 Å². The first-order valence-corrected chi connectivity index (χ1v) is 8.49. The number of benzene rings is 1. The molecule has 0 bridgehead atoms. The molecule has 1 aromatic carbocycles. The van der Waals surface area contributed by atoms with Gasteiger partial charge >= 0.3 is 0 Å². The number of methoxy groups -OCH3 is 1. The monoisotopic (exact) mass is 392 g/mol. The van der Waals surface area contributed by atoms with Crippen molar-refractivity contribution in [3.63, 3.8) is 0 Å². The molecule has 4 N–H and O–H groups in total. The molecule has 3 aromatic rings. The SMILES string of the molecule is COCCCNc1nc2nccc(C(=N)N(O)c3ccc(F)c(Cl)c3)c2[nH]1. The van der Waals surface area contributed by atoms with Gasteiger partial charge < -0.3 is 15.0 Å². The predicted molar refractivity (Wildman–Crippen MR) is 101 cm³/mol. The van der Waals surface area contributed by atoms with Gasteiger partial charge in [0.25, 0.3) is 0 Å². The molecule has 27 heavy (non-hydrogen) atoms. The van der Waals surface area contributed by atoms with E-state index in [-0.39, 0.29) is 16.5 Å². The number of hydrogen-bond donors (Lipinski definition) is 4. The van der Waals surface area contributed by atoms with Crippen LogP contribution in [0, 0.1) is 11.2 Å². The molecule has 0 unspecified atom stereocenters. The molecule has 0 atom stereocenters. The molecule has 0 amide bonds. The number of rotatable bonds is 7. The number of hydroxylamine groups is 1. The third-order valence-corrected chi connectivity index (χ3v) is 4.11. The minimum absolute atomic E-state index is 0.150. The Balaban J connectivity index is 1.85. The highest BCUT2D eigenvalue weighted by atomic mass is 35.5. The Bertz CT molecular complexity index is 964. The van der Waals surface area contributed by atoms with Gasteiger partial charge in [0.1, 0.15) is 5.82 Å². The van der Waals surface area contributed by atoms with Crippen LogP contribution in [0.15, 0.2) is 30.5 Å². The molecule has 142 valence electrons. The predicted octanol–water partition coefficient (Wildman–Crippen LogP) is 3.42. The standard InChI is InChI=1S/C17H18ClFN6O2/c1-27-8-2-6-22-17-23-14-11(5-7-21-16(14)24-17)15(20)25(26)10-3-4-13(19)12(18)9-10/h3-5,7,9,20,26H,2,6,8H2,1H3,(H2,21,22,23,24). The van der Waals surface area contributed by atoms with Crippen molar-refractivity contribution in [1.29, 1.82) is 5.41 Å². The average Bonchev–Trinajstić information content (AvgIpc) is 3.09. The van der Waals surface area contributed by atoms with Crippen molar-refractivity contribution in [2.24, 2.45) is 0 Å². The summed E-state index contributed by atoms with van der Waals surface area (Å²) in [6.45, 7) is 1.28. The molecule has 3 rings (SSSR count). The zero-order valence-corrected chi connectivity index (χ0v) is 15.2. The van der Waals surface area contributed by atoms with E-state index in [1.54, 1.807) is 13.2 Å². The highest BCUT2D eigenvalue weighted by Crippen LogP contribution is 2.24. The van der Waals surface area contributed by atoms with Gasteiger partial charge in [0, 0.05) is 32.0 Å². The molecule has 0 fully saturated rings. The number of H-pyrrole nitrogens is 1. The van der Waals surface area contributed by atoms with E-state index in [2.05, 4.69) is 20.3 Å². The number of pyridine rings is 1. The summed E-state index contributed by atoms with van der Waals surface area (Å²) in [6.07, 6.45) is 2.30. The van der Waals surface area contributed by atoms with Crippen molar-refractivity contribution >= 4 is 40.2 Å². The van der Waals surface area contributed by atoms with Gasteiger partial charge in [-0.2, -0.15) is 4.98 Å². The van der Waals surface area contributed by atoms with E-state index in [0.29, 0.717) is 40.9 Å². The smallest absolute Gasteiger partial charge is 0.202 e. The normalized spacial score (nSPS) is 11.0. The van der Waals surface area contributed by atoms with Crippen molar-refractivity contribution in [2.45, 2.75) is 6.42 Å². The molecule has 0 aliphatic carbocycles. The number of aromatic amines is 1. The summed E-state index contributed by atoms with van der Waals surface area (Å²) in [6, 6.07) is 5.25. The van der Waals surface area contributed by atoms with E-state index in [4.69, 9.17) is 21.7 Å². The maximum absolute atomic E-state index is 13.3. The lowest BCUT2D eigenvalue weighted by atomic mass is 10.2. The summed E-state index contributed by atoms with van der Waals surface area (Å²) in [7, 11) is 1.64. The largest absolute Gasteiger partial charge is 0.385 e. The maximum atomic E-state index is 13.3. The quantitative estimate of drug-likeness (QED) is 0.212. The summed E-state index contributed by atoms with van der Waals surface area (Å²) in [5.41, 5.74) is 1.43. The first-order valence-electron chi connectivity index (χ1n) is 8.11. The van der Waals surface area contributed by atoms with Crippen LogP contribution >= 0.6 is 11.6 Å². The molecule has 0 saturated heterocycles. The molecule has 0 spiro atoms. The van der Waals surface area contributed by atoms with Crippen LogP contribution in [0.5, 0.6) is 0 Å². The molecule has 10 heteroatoms. The fraction of sp³-hybridized carbons (Fsp3) is 0.235. The highest BCUT2D eigenvalue weighted by Gasteiger charge is 2.18. The average molecular weight is 393 g/mol. The van der Waals surface area contributed by atoms with E-state index in [0.717, 1.165) is 12.5 Å². The lowest BCUT2D eigenvalue weighted by Gasteiger charge is -2.18. The Morgan fingerprint density at radius 3 is 3.00 bits per heavy atom. The maximum Gasteiger partial charge on any atom is 0.202 e. The Labute approximate surface area is 159 Å². The zero-order chi connectivity index (χ0) is 19.4. The second-order valence-electron chi connectivity index (χ2n) is 5.67. The summed E-state index contributed by atoms with van der Waals surface area (Å²) in [5, 5.41) is 22.3. The number of ether oxygens (including phenoxy) is 1. The minimum Gasteiger partial charge on any atom is -0.385 e. The minimum atomic E-state index is -0.607. The van der Waals surface area contributed by atoms with Crippen LogP contribution in [0.3, 0.4) is 0 Å². The van der Waals surface area contributed by atoms with E-state index >= 15 is 0 Å². The number of imidazole rings is 1. The molecule has 0 aliphatic rings. The third kappa shape index (κ3) is 4.16. The second kappa shape index (κ2) is 8.30. The lowest BCUT2D eigenvalue weighted by molar-refractivity contribution is 0.197. The Kier molecular flexibility index (Phi) is 5.84. The van der Waals surface area contributed by atoms with Crippen LogP contribution in [-0.2, 0) is 4.74 Å². The van der Waals surface area contributed by atoms with E-state index in [9.17, 15) is 9.60 Å². The molecular weight excluding hydrogens is 375 g/mol. The lowest BCUT2D eigenvalue weighted by Crippen LogP contribution is -2.27. The topological polar surface area (TPSA) is 110 Å². The Morgan fingerprint density at radius 1 is 1.44 bits per heavy atom. The highest BCUT2D eigenvalue weighted by molar-refractivity contribution is 6.31. The second-order valence-corrected chi connectivity index (χ2v) is 6.08. The number of fused-ring (bicyclic) bond motifs is 1. The van der Waals surface area contributed by atoms with Crippen molar-refractivity contribution < 1.29 is 14.3 Å². The fourth-order valence-corrected chi connectivity index (χ4v) is 2.65. The van der Waals surface area contributed by atoms with Crippen molar-refractivity contribution in [2.75, 3.05) is 30.6 Å². The number of nitrogens with one attached hydrogen (secondary N) is 3. The number of aromatic nitrogens is 3. The molecular formula is C17H18ClFN6O2. The molecule has 0 radical (unpaired) electrons. The van der Waals surface area contributed by atoms with Gasteiger partial charge in [-0.3, -0.25) is 10.6 Å². The van der Waals surface area contributed by atoms with Crippen LogP contribution in [0.1, 0.15) is 12.0 Å². The Morgan fingerprint density at radius 2 is 2.26 bits per heavy atom. The number of halogens is 2. The number of hydrogen-bond acceptors (Lipinski definition) is 6. The molecule has 8 nitrogen and oxygen atoms in total. The Hall–Kier alpha value is -2.75. The van der Waals surface area contributed by atoms with E-state index in [1.807, 2.05) is 0 Å². The van der Waals surface area contributed by atoms with Crippen LogP contribution in [0.25, 0.3) is 11.2 Å². The summed E-state index contributed by atoms with van der Waals surface area (Å²) >= 11 is 5.75. The van der Waals surface area contributed by atoms with Crippen molar-refractivity contribution in [1.82, 2.24) is 15.0 Å². The van der Waals surface area contributed by atoms with E-state index < -0.39 is 5.82 Å². The first kappa shape index (κ1) is 19.0. The van der Waals surface area contributed by atoms with Gasteiger partial charge in [-0.1, -0.05) is 11.6 Å². The summed E-state index contributed by atoms with van der Waals surface area (Å²) in [4.78, 5) is 11.6. The van der Waals surface area contributed by atoms with Gasteiger partial charge in [0.15, 0.2) is 11.5 Å². The summed E-state index contributed by atoms with van der Waals surface area (Å²) in [5.74, 6) is -0.341. The van der Waals surface area contributed by atoms with Crippen LogP contribution in [0.2, 0.25) is 5.02 Å². The number of anilines is 2. The molecule has 2 heterocycles. The van der Waals surface area contributed by atoms with Gasteiger partial charge in [-0.25, -0.2) is 14.4 Å². The van der Waals surface area contributed by atoms with Gasteiger partial charge in [-0.05, 0) is 30.7 Å². The van der Waals surface area contributed by atoms with Gasteiger partial charge in [-0.15, -0.1) is 0 Å². The number of nitrogens with zero attached hydrogens (tertiary/aromatic N) is 3. The van der Waals surface area contributed by atoms with Crippen molar-refractivity contribution in [3.8, 4) is 0 Å². The number of amidine groups is 1. The van der Waals surface area contributed by atoms with Crippen LogP contribution < -0.4 is 10.4 Å². The van der Waals surface area contributed by atoms with Crippen LogP contribution in [-0.4, -0.2) is 46.3 Å². The fourth-order valence-electron chi connectivity index (χ4n) is 2.48. The molecule has 0 saturated carbocycles. The third-order valence-electron chi connectivity index (χ3n) is 3.82. The molecule has 0 aliphatic heterocycles. The first-order chi connectivity index (χ1) is 13.0. The van der Waals surface area contributed by atoms with Crippen LogP contribution in [0.4, 0.5) is 16.0 Å². The molecule has 2 aromatic heterocycles. The van der Waals surface area contributed by atoms with Crippen molar-refractivity contribution in [3.05, 3.63) is 46.9 Å². The van der Waals surface area contributed by atoms with Gasteiger partial charge in [0.2, 0.25) is 5.95 Å².